The first-order valence-corrected chi connectivity index (χ1v) is 7.85. The second kappa shape index (κ2) is 7.54. The van der Waals surface area contributed by atoms with Crippen LogP contribution in [0.5, 0.6) is 0 Å². The van der Waals surface area contributed by atoms with Gasteiger partial charge < -0.3 is 15.1 Å². The number of hydrogen-bond donors (Lipinski definition) is 1. The number of carbonyl (C=O) groups excluding carboxylic acids is 2. The molecule has 1 fully saturated rings. The SMILES string of the molecule is O=CN1CCN(C(=O)c2cc(NCc3ccccc3)ncn2)CC1. The van der Waals surface area contributed by atoms with Crippen LogP contribution in [0.15, 0.2) is 42.7 Å². The van der Waals surface area contributed by atoms with Gasteiger partial charge in [-0.3, -0.25) is 9.59 Å². The Kier molecular flexibility index (Phi) is 5.00. The molecule has 0 saturated carbocycles. The number of carbonyl (C=O) groups is 2. The van der Waals surface area contributed by atoms with E-state index < -0.39 is 0 Å². The predicted octanol–water partition coefficient (Wildman–Crippen LogP) is 1.00. The molecule has 1 N–H and O–H groups in total. The van der Waals surface area contributed by atoms with Crippen molar-refractivity contribution in [2.75, 3.05) is 31.5 Å². The molecule has 7 nitrogen and oxygen atoms in total. The minimum absolute atomic E-state index is 0.134. The molecule has 0 bridgehead atoms. The molecule has 1 aliphatic rings. The van der Waals surface area contributed by atoms with Crippen molar-refractivity contribution in [3.05, 3.63) is 54.0 Å². The van der Waals surface area contributed by atoms with Gasteiger partial charge in [-0.2, -0.15) is 0 Å². The summed E-state index contributed by atoms with van der Waals surface area (Å²) in [6, 6.07) is 11.6. The van der Waals surface area contributed by atoms with Crippen molar-refractivity contribution in [1.29, 1.82) is 0 Å². The lowest BCUT2D eigenvalue weighted by atomic mass is 10.2. The normalized spacial score (nSPS) is 14.3. The van der Waals surface area contributed by atoms with Crippen LogP contribution in [0.1, 0.15) is 16.1 Å². The Morgan fingerprint density at radius 2 is 1.88 bits per heavy atom. The fourth-order valence-corrected chi connectivity index (χ4v) is 2.55. The third-order valence-electron chi connectivity index (χ3n) is 3.95. The molecule has 1 aliphatic heterocycles. The fraction of sp³-hybridized carbons (Fsp3) is 0.294. The van der Waals surface area contributed by atoms with Crippen molar-refractivity contribution in [2.24, 2.45) is 0 Å². The Morgan fingerprint density at radius 3 is 2.58 bits per heavy atom. The van der Waals surface area contributed by atoms with Gasteiger partial charge in [-0.25, -0.2) is 9.97 Å². The monoisotopic (exact) mass is 325 g/mol. The van der Waals surface area contributed by atoms with E-state index in [0.29, 0.717) is 44.2 Å². The van der Waals surface area contributed by atoms with E-state index in [1.54, 1.807) is 15.9 Å². The maximum atomic E-state index is 12.5. The Morgan fingerprint density at radius 1 is 1.12 bits per heavy atom. The summed E-state index contributed by atoms with van der Waals surface area (Å²) in [5.41, 5.74) is 1.49. The number of nitrogens with zero attached hydrogens (tertiary/aromatic N) is 4. The van der Waals surface area contributed by atoms with Gasteiger partial charge in [0.2, 0.25) is 6.41 Å². The highest BCUT2D eigenvalue weighted by atomic mass is 16.2. The molecule has 0 aliphatic carbocycles. The highest BCUT2D eigenvalue weighted by Crippen LogP contribution is 2.10. The van der Waals surface area contributed by atoms with E-state index in [4.69, 9.17) is 0 Å². The first-order chi connectivity index (χ1) is 11.8. The summed E-state index contributed by atoms with van der Waals surface area (Å²) in [5, 5.41) is 3.20. The van der Waals surface area contributed by atoms with Crippen LogP contribution in [-0.2, 0) is 11.3 Å². The third-order valence-corrected chi connectivity index (χ3v) is 3.95. The molecule has 3 rings (SSSR count). The minimum atomic E-state index is -0.134. The highest BCUT2D eigenvalue weighted by molar-refractivity contribution is 5.93. The molecule has 124 valence electrons. The largest absolute Gasteiger partial charge is 0.366 e. The standard InChI is InChI=1S/C17H19N5O2/c23-13-21-6-8-22(9-7-21)17(24)15-10-16(20-12-19-15)18-11-14-4-2-1-3-5-14/h1-5,10,12-13H,6-9,11H2,(H,18,19,20). The Balaban J connectivity index is 1.62. The lowest BCUT2D eigenvalue weighted by Gasteiger charge is -2.32. The zero-order valence-corrected chi connectivity index (χ0v) is 13.3. The van der Waals surface area contributed by atoms with Crippen LogP contribution in [0.2, 0.25) is 0 Å². The highest BCUT2D eigenvalue weighted by Gasteiger charge is 2.22. The van der Waals surface area contributed by atoms with Crippen LogP contribution in [0, 0.1) is 0 Å². The molecule has 24 heavy (non-hydrogen) atoms. The summed E-state index contributed by atoms with van der Waals surface area (Å²) >= 11 is 0. The van der Waals surface area contributed by atoms with Gasteiger partial charge in [0.05, 0.1) is 0 Å². The van der Waals surface area contributed by atoms with Crippen molar-refractivity contribution in [2.45, 2.75) is 6.54 Å². The van der Waals surface area contributed by atoms with Crippen LogP contribution >= 0.6 is 0 Å². The number of nitrogens with one attached hydrogen (secondary N) is 1. The second-order valence-corrected chi connectivity index (χ2v) is 5.56. The Labute approximate surface area is 140 Å². The van der Waals surface area contributed by atoms with Crippen molar-refractivity contribution in [3.63, 3.8) is 0 Å². The van der Waals surface area contributed by atoms with E-state index >= 15 is 0 Å². The number of aromatic nitrogens is 2. The van der Waals surface area contributed by atoms with Gasteiger partial charge in [-0.1, -0.05) is 30.3 Å². The molecule has 0 radical (unpaired) electrons. The maximum absolute atomic E-state index is 12.5. The molecule has 0 unspecified atom stereocenters. The predicted molar refractivity (Wildman–Crippen MR) is 89.3 cm³/mol. The molecule has 1 saturated heterocycles. The fourth-order valence-electron chi connectivity index (χ4n) is 2.55. The average Bonchev–Trinajstić information content (AvgIpc) is 2.67. The van der Waals surface area contributed by atoms with Crippen molar-refractivity contribution < 1.29 is 9.59 Å². The van der Waals surface area contributed by atoms with Gasteiger partial charge in [-0.05, 0) is 5.56 Å². The lowest BCUT2D eigenvalue weighted by molar-refractivity contribution is -0.119. The zero-order valence-electron chi connectivity index (χ0n) is 13.3. The number of piperazine rings is 1. The number of hydrogen-bond acceptors (Lipinski definition) is 5. The first kappa shape index (κ1) is 15.9. The summed E-state index contributed by atoms with van der Waals surface area (Å²) in [6.45, 7) is 2.78. The van der Waals surface area contributed by atoms with Crippen LogP contribution in [0.25, 0.3) is 0 Å². The van der Waals surface area contributed by atoms with Crippen LogP contribution in [0.4, 0.5) is 5.82 Å². The number of amides is 2. The average molecular weight is 325 g/mol. The third kappa shape index (κ3) is 3.87. The van der Waals surface area contributed by atoms with Crippen molar-refractivity contribution >= 4 is 18.1 Å². The smallest absolute Gasteiger partial charge is 0.272 e. The summed E-state index contributed by atoms with van der Waals surface area (Å²) in [5.74, 6) is 0.481. The lowest BCUT2D eigenvalue weighted by Crippen LogP contribution is -2.48. The molecule has 0 spiro atoms. The van der Waals surface area contributed by atoms with E-state index in [1.807, 2.05) is 30.3 Å². The minimum Gasteiger partial charge on any atom is -0.366 e. The maximum Gasteiger partial charge on any atom is 0.272 e. The molecule has 2 aromatic rings. The van der Waals surface area contributed by atoms with Gasteiger partial charge in [0.1, 0.15) is 17.8 Å². The quantitative estimate of drug-likeness (QED) is 0.830. The topological polar surface area (TPSA) is 78.4 Å². The first-order valence-electron chi connectivity index (χ1n) is 7.85. The molecule has 1 aromatic carbocycles. The van der Waals surface area contributed by atoms with Gasteiger partial charge >= 0.3 is 0 Å². The summed E-state index contributed by atoms with van der Waals surface area (Å²) in [7, 11) is 0. The zero-order chi connectivity index (χ0) is 16.8. The van der Waals surface area contributed by atoms with E-state index in [-0.39, 0.29) is 5.91 Å². The van der Waals surface area contributed by atoms with Crippen molar-refractivity contribution in [3.8, 4) is 0 Å². The van der Waals surface area contributed by atoms with E-state index in [9.17, 15) is 9.59 Å². The van der Waals surface area contributed by atoms with Crippen LogP contribution in [0.3, 0.4) is 0 Å². The summed E-state index contributed by atoms with van der Waals surface area (Å²) in [6.07, 6.45) is 2.21. The molecule has 2 heterocycles. The van der Waals surface area contributed by atoms with Gasteiger partial charge in [0, 0.05) is 38.8 Å². The van der Waals surface area contributed by atoms with E-state index in [1.165, 1.54) is 6.33 Å². The Hall–Kier alpha value is -2.96. The molecule has 0 atom stereocenters. The number of anilines is 1. The van der Waals surface area contributed by atoms with Gasteiger partial charge in [0.15, 0.2) is 0 Å². The summed E-state index contributed by atoms with van der Waals surface area (Å²) < 4.78 is 0. The number of rotatable bonds is 5. The van der Waals surface area contributed by atoms with Crippen LogP contribution < -0.4 is 5.32 Å². The molecular weight excluding hydrogens is 306 g/mol. The molecule has 2 amide bonds. The van der Waals surface area contributed by atoms with Gasteiger partial charge in [0.25, 0.3) is 5.91 Å². The molecular formula is C17H19N5O2. The second-order valence-electron chi connectivity index (χ2n) is 5.56. The van der Waals surface area contributed by atoms with Gasteiger partial charge in [-0.15, -0.1) is 0 Å². The van der Waals surface area contributed by atoms with Crippen LogP contribution in [-0.4, -0.2) is 58.3 Å². The van der Waals surface area contributed by atoms with Crippen molar-refractivity contribution in [1.82, 2.24) is 19.8 Å². The molecule has 1 aromatic heterocycles. The number of benzene rings is 1. The molecule has 7 heteroatoms. The van der Waals surface area contributed by atoms with E-state index in [0.717, 1.165) is 12.0 Å². The van der Waals surface area contributed by atoms with E-state index in [2.05, 4.69) is 15.3 Å². The summed E-state index contributed by atoms with van der Waals surface area (Å²) in [4.78, 5) is 34.9. The Bertz CT molecular complexity index is 699.